The first-order valence-corrected chi connectivity index (χ1v) is 34.8. The quantitative estimate of drug-likeness (QED) is 0.0463. The van der Waals surface area contributed by atoms with Gasteiger partial charge in [0, 0.05) is 82.8 Å². The Kier molecular flexibility index (Phi) is 31.8. The van der Waals surface area contributed by atoms with E-state index < -0.39 is 105 Å². The second-order valence-electron chi connectivity index (χ2n) is 27.6. The van der Waals surface area contributed by atoms with Crippen molar-refractivity contribution in [2.75, 3.05) is 46.2 Å². The van der Waals surface area contributed by atoms with Crippen LogP contribution in [0.5, 0.6) is 0 Å². The molecule has 11 bridgehead atoms. The number of cyclic esters (lactones) is 1. The summed E-state index contributed by atoms with van der Waals surface area (Å²) in [4.78, 5) is 132. The molecule has 1 amide bonds. The average molecular weight is 1400 g/mol. The van der Waals surface area contributed by atoms with Gasteiger partial charge in [0.2, 0.25) is 5.91 Å². The summed E-state index contributed by atoms with van der Waals surface area (Å²) in [5, 5.41) is 21.9. The van der Waals surface area contributed by atoms with Crippen molar-refractivity contribution in [2.45, 2.75) is 231 Å². The Hall–Kier alpha value is -7.50. The summed E-state index contributed by atoms with van der Waals surface area (Å²) in [6, 6.07) is 6.30. The molecule has 9 unspecified atom stereocenters. The molecular formula is C75H104CoN7O15. The monoisotopic (exact) mass is 1400 g/mol. The molecule has 0 aromatic heterocycles. The van der Waals surface area contributed by atoms with E-state index in [1.54, 1.807) is 6.07 Å². The third kappa shape index (κ3) is 18.9. The second-order valence-corrected chi connectivity index (χ2v) is 27.6. The van der Waals surface area contributed by atoms with Gasteiger partial charge in [-0.25, -0.2) is 0 Å². The molecule has 538 valence electrons. The molecule has 6 aliphatic heterocycles. The van der Waals surface area contributed by atoms with Gasteiger partial charge in [-0.3, -0.25) is 53.3 Å². The van der Waals surface area contributed by atoms with Crippen molar-refractivity contribution in [3.05, 3.63) is 87.8 Å². The maximum Gasteiger partial charge on any atom is 3.00 e. The Morgan fingerprint density at radius 1 is 0.602 bits per heavy atom. The zero-order valence-electron chi connectivity index (χ0n) is 60.2. The van der Waals surface area contributed by atoms with Crippen molar-refractivity contribution >= 4 is 64.8 Å². The number of esters is 7. The Balaban J connectivity index is 0.00000400. The van der Waals surface area contributed by atoms with Gasteiger partial charge in [0.1, 0.15) is 0 Å². The predicted octanol–water partition coefficient (Wildman–Crippen LogP) is 12.8. The third-order valence-electron chi connectivity index (χ3n) is 20.4. The first-order valence-electron chi connectivity index (χ1n) is 34.8. The maximum absolute atomic E-state index is 15.3. The summed E-state index contributed by atoms with van der Waals surface area (Å²) in [6.07, 6.45) is 3.54. The molecule has 0 radical (unpaired) electrons. The van der Waals surface area contributed by atoms with Gasteiger partial charge in [0.25, 0.3) is 0 Å². The number of rotatable bonds is 28. The van der Waals surface area contributed by atoms with Gasteiger partial charge in [0.15, 0.2) is 0 Å². The zero-order chi connectivity index (χ0) is 72.1. The number of amides is 1. The van der Waals surface area contributed by atoms with Crippen LogP contribution in [0.1, 0.15) is 217 Å². The fourth-order valence-corrected chi connectivity index (χ4v) is 15.2. The van der Waals surface area contributed by atoms with Gasteiger partial charge in [-0.15, -0.1) is 0 Å². The number of fused-ring (bicyclic) bond motifs is 10. The van der Waals surface area contributed by atoms with E-state index in [1.165, 1.54) is 0 Å². The van der Waals surface area contributed by atoms with Gasteiger partial charge < -0.3 is 67.5 Å². The topological polar surface area (TPSA) is 312 Å². The second kappa shape index (κ2) is 37.6. The van der Waals surface area contributed by atoms with E-state index in [2.05, 4.69) is 5.32 Å². The molecule has 22 nitrogen and oxygen atoms in total. The first-order chi connectivity index (χ1) is 46.2. The van der Waals surface area contributed by atoms with Crippen LogP contribution in [0, 0.1) is 69.0 Å². The molecule has 9 atom stereocenters. The van der Waals surface area contributed by atoms with Gasteiger partial charge >= 0.3 is 58.6 Å². The number of hydrogen-bond donors (Lipinski definition) is 1. The van der Waals surface area contributed by atoms with Crippen LogP contribution in [-0.4, -0.2) is 123 Å². The number of aliphatic imine (C=N–C) groups is 3. The normalized spacial score (nSPS) is 27.4. The predicted molar refractivity (Wildman–Crippen MR) is 364 cm³/mol. The summed E-state index contributed by atoms with van der Waals surface area (Å²) in [5.41, 5.74) is -0.375. The van der Waals surface area contributed by atoms with Crippen LogP contribution in [0.2, 0.25) is 0 Å². The number of carbonyl (C=O) groups is 8. The molecule has 0 aliphatic carbocycles. The molecule has 0 spiro atoms. The molecule has 1 N–H and O–H groups in total. The van der Waals surface area contributed by atoms with Crippen LogP contribution < -0.4 is 5.32 Å². The standard InChI is InChI=1S/C73H105N5O15.2CN.Co/c1-15-33-87-54(80)27-24-49-61-45(7)66-70(11,31-30-57(83)90-36-18-4)52(43-59(85)91-37-19-5)67(77-66)73(14)72(13,44-60(86)92-38-20-6)51(26-29-56(82)89-35-17-3)62(78-73)46(8)65-71(12)32-39-93-58(84)42-48-23-21-22-47(40-48)41-53(79)74-64(68(75-61)69(49,9)10)63(76-65)50(71)25-28-55(81)88-34-16-2;2*1-2;/h21-23,40,49-52,67H,15-20,24-39,41-44H2,1-14H3,(H2,74,75,76,77,78,79);;;/q;2*-1;+3/p-1. The number of nitrogens with zero attached hydrogens (tertiary/aromatic N) is 6. The van der Waals surface area contributed by atoms with E-state index in [-0.39, 0.29) is 146 Å². The minimum absolute atomic E-state index is 0. The SMILES string of the molecule is CCCOC(=O)CCC1C2=C(C)C3=NC(C(CC(=O)OCCC)C3(C)CCC(=O)OCCC)C3(C)[N-]\C(=C(C)/C4=N/C5=C(\NC(=O)Cc6cccc(c6)CC(=O)OCCC4(C)C5CCC(=O)OCCC)C(=N2)C1(C)C)C(CCC(=O)OCCC)C3(C)CC(=O)OCCC.[C-]#N.[C-]#N.[Co+3]. The van der Waals surface area contributed by atoms with Gasteiger partial charge in [-0.1, -0.05) is 113 Å². The largest absolute Gasteiger partial charge is 3.00 e. The van der Waals surface area contributed by atoms with Crippen molar-refractivity contribution in [3.8, 4) is 0 Å². The van der Waals surface area contributed by atoms with Crippen LogP contribution in [-0.2, 0) is 101 Å². The summed E-state index contributed by atoms with van der Waals surface area (Å²) in [5.74, 6) is -6.45. The Morgan fingerprint density at radius 3 is 1.60 bits per heavy atom. The van der Waals surface area contributed by atoms with Gasteiger partial charge in [-0.2, -0.15) is 5.70 Å². The Morgan fingerprint density at radius 2 is 1.07 bits per heavy atom. The van der Waals surface area contributed by atoms with Crippen molar-refractivity contribution in [2.24, 2.45) is 60.3 Å². The number of nitrogens with one attached hydrogen (secondary N) is 1. The molecule has 1 aromatic carbocycles. The van der Waals surface area contributed by atoms with Crippen molar-refractivity contribution in [1.29, 1.82) is 10.5 Å². The van der Waals surface area contributed by atoms with Crippen LogP contribution >= 0.6 is 0 Å². The molecule has 7 rings (SSSR count). The molecule has 0 saturated carbocycles. The molecule has 1 aromatic rings. The van der Waals surface area contributed by atoms with Crippen molar-refractivity contribution < 1.29 is 88.3 Å². The van der Waals surface area contributed by atoms with Gasteiger partial charge in [-0.05, 0) is 118 Å². The first kappa shape index (κ1) is 82.9. The Labute approximate surface area is 590 Å². The molecule has 23 heteroatoms. The number of ether oxygens (including phenoxy) is 7. The minimum atomic E-state index is -1.46. The fraction of sp³-hybridized carbons (Fsp3) is 0.667. The van der Waals surface area contributed by atoms with E-state index in [9.17, 15) is 33.6 Å². The average Bonchev–Trinajstić information content (AvgIpc) is 1.53. The molecule has 1 fully saturated rings. The minimum Gasteiger partial charge on any atom is -0.680 e. The zero-order valence-corrected chi connectivity index (χ0v) is 61.3. The van der Waals surface area contributed by atoms with Crippen molar-refractivity contribution in [1.82, 2.24) is 5.32 Å². The smallest absolute Gasteiger partial charge is 0.680 e. The number of benzene rings is 1. The van der Waals surface area contributed by atoms with Crippen molar-refractivity contribution in [3.63, 3.8) is 0 Å². The Bertz CT molecular complexity index is 3280. The fourth-order valence-electron chi connectivity index (χ4n) is 15.2. The molecule has 98 heavy (non-hydrogen) atoms. The van der Waals surface area contributed by atoms with Crippen LogP contribution in [0.15, 0.2) is 73.2 Å². The summed E-state index contributed by atoms with van der Waals surface area (Å²) in [7, 11) is 0. The van der Waals surface area contributed by atoms with Crippen LogP contribution in [0.3, 0.4) is 0 Å². The number of hydrogen-bond acceptors (Lipinski definition) is 20. The number of allylic oxidation sites excluding steroid dienone is 6. The molecular weight excluding hydrogens is 1300 g/mol. The molecule has 6 aliphatic rings. The molecule has 1 saturated heterocycles. The maximum atomic E-state index is 15.3. The van der Waals surface area contributed by atoms with Crippen LogP contribution in [0.25, 0.3) is 5.32 Å². The van der Waals surface area contributed by atoms with E-state index in [0.29, 0.717) is 101 Å². The third-order valence-corrected chi connectivity index (χ3v) is 20.4. The van der Waals surface area contributed by atoms with E-state index in [4.69, 9.17) is 77.1 Å². The van der Waals surface area contributed by atoms with Gasteiger partial charge in [0.05, 0.1) is 89.0 Å². The molecule has 6 heterocycles. The number of carbonyl (C=O) groups excluding carboxylic acids is 8. The van der Waals surface area contributed by atoms with E-state index in [1.807, 2.05) is 115 Å². The van der Waals surface area contributed by atoms with Crippen LogP contribution in [0.4, 0.5) is 0 Å². The van der Waals surface area contributed by atoms with E-state index in [0.717, 1.165) is 0 Å². The summed E-state index contributed by atoms with van der Waals surface area (Å²) < 4.78 is 41.3. The van der Waals surface area contributed by atoms with E-state index >= 15 is 4.79 Å². The summed E-state index contributed by atoms with van der Waals surface area (Å²) >= 11 is 0. The summed E-state index contributed by atoms with van der Waals surface area (Å²) in [6.45, 7) is 38.0.